The first kappa shape index (κ1) is 23.4. The molecule has 0 aliphatic heterocycles. The Morgan fingerprint density at radius 3 is 2.03 bits per heavy atom. The van der Waals surface area contributed by atoms with Gasteiger partial charge in [-0.05, 0) is 11.6 Å². The van der Waals surface area contributed by atoms with Gasteiger partial charge in [0.2, 0.25) is 17.4 Å². The number of nitrogens with zero attached hydrogens (tertiary/aromatic N) is 1. The van der Waals surface area contributed by atoms with E-state index in [9.17, 15) is 40.8 Å². The Labute approximate surface area is 179 Å². The van der Waals surface area contributed by atoms with Gasteiger partial charge in [-0.25, -0.2) is 8.78 Å². The molecule has 0 atom stereocenters. The molecule has 32 heavy (non-hydrogen) atoms. The van der Waals surface area contributed by atoms with Gasteiger partial charge in [-0.2, -0.15) is 22.0 Å². The summed E-state index contributed by atoms with van der Waals surface area (Å²) >= 11 is 0.968. The maximum absolute atomic E-state index is 14.1. The number of hydrogen-bond donors (Lipinski definition) is 0. The fourth-order valence-electron chi connectivity index (χ4n) is 2.63. The first-order chi connectivity index (χ1) is 15.0. The molecule has 0 fully saturated rings. The lowest BCUT2D eigenvalue weighted by molar-refractivity contribution is -0.387. The zero-order valence-electron chi connectivity index (χ0n) is 15.6. The molecule has 3 aromatic carbocycles. The molecule has 0 amide bonds. The summed E-state index contributed by atoms with van der Waals surface area (Å²) in [7, 11) is 0. The maximum atomic E-state index is 14.1. The Morgan fingerprint density at radius 1 is 0.906 bits per heavy atom. The monoisotopic (exact) mass is 477 g/mol. The van der Waals surface area contributed by atoms with Crippen molar-refractivity contribution >= 4 is 17.4 Å². The minimum Gasteiger partial charge on any atom is -0.451 e. The molecule has 0 aromatic heterocycles. The first-order valence-corrected chi connectivity index (χ1v) is 9.55. The average Bonchev–Trinajstić information content (AvgIpc) is 2.73. The Bertz CT molecular complexity index is 1140. The molecule has 0 spiro atoms. The number of nitro benzene ring substituents is 1. The van der Waals surface area contributed by atoms with Crippen LogP contribution in [0.5, 0.6) is 11.5 Å². The predicted octanol–water partition coefficient (Wildman–Crippen LogP) is 7.25. The molecule has 4 nitrogen and oxygen atoms in total. The van der Waals surface area contributed by atoms with Gasteiger partial charge in [0.15, 0.2) is 11.6 Å². The summed E-state index contributed by atoms with van der Waals surface area (Å²) in [5.74, 6) is -12.1. The molecule has 0 saturated carbocycles. The molecule has 0 unspecified atom stereocenters. The normalized spacial score (nSPS) is 11.5. The fraction of sp³-hybridized carbons (Fsp3) is 0.100. The predicted molar refractivity (Wildman–Crippen MR) is 100 cm³/mol. The van der Waals surface area contributed by atoms with Crippen molar-refractivity contribution in [3.63, 3.8) is 0 Å². The molecular formula is C20H10F7NO3S. The second-order valence-corrected chi connectivity index (χ2v) is 7.24. The highest BCUT2D eigenvalue weighted by Gasteiger charge is 2.43. The van der Waals surface area contributed by atoms with Gasteiger partial charge in [-0.1, -0.05) is 30.3 Å². The lowest BCUT2D eigenvalue weighted by Gasteiger charge is -2.15. The Hall–Kier alpha value is -3.28. The molecule has 3 rings (SSSR count). The molecule has 0 saturated heterocycles. The highest BCUT2D eigenvalue weighted by atomic mass is 32.2. The number of benzene rings is 3. The van der Waals surface area contributed by atoms with Crippen LogP contribution in [-0.2, 0) is 11.9 Å². The maximum Gasteiger partial charge on any atom is 0.422 e. The van der Waals surface area contributed by atoms with Crippen molar-refractivity contribution < 1.29 is 40.4 Å². The summed E-state index contributed by atoms with van der Waals surface area (Å²) in [6.45, 7) is 0. The summed E-state index contributed by atoms with van der Waals surface area (Å²) in [5, 5.41) is 11.3. The standard InChI is InChI=1S/C20H10F7NO3S/c21-15-14(20(25,26)27)16(22)18(24)19(17(15)23)31-11-6-7-12(28(29)30)13(8-11)32-9-10-4-2-1-3-5-10/h1-8H,9H2. The van der Waals surface area contributed by atoms with E-state index in [0.717, 1.165) is 35.5 Å². The van der Waals surface area contributed by atoms with Crippen LogP contribution in [0.15, 0.2) is 53.4 Å². The zero-order chi connectivity index (χ0) is 23.6. The van der Waals surface area contributed by atoms with Crippen molar-refractivity contribution in [2.75, 3.05) is 0 Å². The smallest absolute Gasteiger partial charge is 0.422 e. The molecular weight excluding hydrogens is 467 g/mol. The largest absolute Gasteiger partial charge is 0.451 e. The lowest BCUT2D eigenvalue weighted by Crippen LogP contribution is -2.15. The topological polar surface area (TPSA) is 52.4 Å². The van der Waals surface area contributed by atoms with Gasteiger partial charge in [-0.3, -0.25) is 10.1 Å². The molecule has 0 heterocycles. The molecule has 3 aromatic rings. The van der Waals surface area contributed by atoms with Crippen LogP contribution in [-0.4, -0.2) is 4.92 Å². The van der Waals surface area contributed by atoms with Crippen molar-refractivity contribution in [2.24, 2.45) is 0 Å². The minimum absolute atomic E-state index is 0.00924. The number of nitro groups is 1. The average molecular weight is 477 g/mol. The summed E-state index contributed by atoms with van der Waals surface area (Å²) < 4.78 is 98.6. The van der Waals surface area contributed by atoms with Crippen LogP contribution in [0.2, 0.25) is 0 Å². The number of rotatable bonds is 6. The van der Waals surface area contributed by atoms with Gasteiger partial charge in [0.25, 0.3) is 5.69 Å². The van der Waals surface area contributed by atoms with E-state index in [0.29, 0.717) is 0 Å². The number of hydrogen-bond acceptors (Lipinski definition) is 4. The lowest BCUT2D eigenvalue weighted by atomic mass is 10.1. The summed E-state index contributed by atoms with van der Waals surface area (Å²) in [6, 6.07) is 11.5. The second-order valence-electron chi connectivity index (χ2n) is 6.22. The van der Waals surface area contributed by atoms with E-state index in [1.165, 1.54) is 0 Å². The molecule has 0 N–H and O–H groups in total. The van der Waals surface area contributed by atoms with Crippen LogP contribution in [0.25, 0.3) is 0 Å². The second kappa shape index (κ2) is 9.07. The Balaban J connectivity index is 1.98. The molecule has 0 aliphatic rings. The van der Waals surface area contributed by atoms with E-state index >= 15 is 0 Å². The Morgan fingerprint density at radius 2 is 1.50 bits per heavy atom. The van der Waals surface area contributed by atoms with E-state index < -0.39 is 51.4 Å². The van der Waals surface area contributed by atoms with Crippen LogP contribution < -0.4 is 4.74 Å². The van der Waals surface area contributed by atoms with E-state index in [-0.39, 0.29) is 16.3 Å². The highest BCUT2D eigenvalue weighted by Crippen LogP contribution is 2.42. The quantitative estimate of drug-likeness (QED) is 0.123. The van der Waals surface area contributed by atoms with Gasteiger partial charge in [0.05, 0.1) is 9.82 Å². The number of ether oxygens (including phenoxy) is 1. The van der Waals surface area contributed by atoms with Crippen LogP contribution in [0.4, 0.5) is 36.4 Å². The third kappa shape index (κ3) is 4.79. The molecule has 12 heteroatoms. The van der Waals surface area contributed by atoms with Crippen LogP contribution in [0.3, 0.4) is 0 Å². The number of alkyl halides is 3. The summed E-state index contributed by atoms with van der Waals surface area (Å²) in [5.41, 5.74) is -2.33. The van der Waals surface area contributed by atoms with Gasteiger partial charge >= 0.3 is 6.18 Å². The van der Waals surface area contributed by atoms with E-state index in [1.807, 2.05) is 0 Å². The van der Waals surface area contributed by atoms with Crippen molar-refractivity contribution in [2.45, 2.75) is 16.8 Å². The van der Waals surface area contributed by atoms with Gasteiger partial charge in [-0.15, -0.1) is 11.8 Å². The summed E-state index contributed by atoms with van der Waals surface area (Å²) in [4.78, 5) is 10.5. The zero-order valence-corrected chi connectivity index (χ0v) is 16.4. The van der Waals surface area contributed by atoms with Crippen molar-refractivity contribution in [3.05, 3.63) is 93.0 Å². The van der Waals surface area contributed by atoms with Crippen LogP contribution >= 0.6 is 11.8 Å². The van der Waals surface area contributed by atoms with Crippen molar-refractivity contribution in [1.82, 2.24) is 0 Å². The fourth-order valence-corrected chi connectivity index (χ4v) is 3.63. The minimum atomic E-state index is -5.69. The third-order valence-corrected chi connectivity index (χ3v) is 5.21. The SMILES string of the molecule is O=[N+]([O-])c1ccc(Oc2c(F)c(F)c(C(F)(F)F)c(F)c2F)cc1SCc1ccccc1. The van der Waals surface area contributed by atoms with Crippen molar-refractivity contribution in [1.29, 1.82) is 0 Å². The van der Waals surface area contributed by atoms with Crippen LogP contribution in [0.1, 0.15) is 11.1 Å². The van der Waals surface area contributed by atoms with Gasteiger partial charge in [0, 0.05) is 17.9 Å². The van der Waals surface area contributed by atoms with E-state index in [1.54, 1.807) is 30.3 Å². The highest BCUT2D eigenvalue weighted by molar-refractivity contribution is 7.98. The summed E-state index contributed by atoms with van der Waals surface area (Å²) in [6.07, 6.45) is -5.69. The molecule has 0 bridgehead atoms. The van der Waals surface area contributed by atoms with Crippen LogP contribution in [0, 0.1) is 33.4 Å². The van der Waals surface area contributed by atoms with E-state index in [2.05, 4.69) is 0 Å². The molecule has 168 valence electrons. The number of thioether (sulfide) groups is 1. The van der Waals surface area contributed by atoms with E-state index in [4.69, 9.17) is 4.74 Å². The molecule has 0 radical (unpaired) electrons. The molecule has 0 aliphatic carbocycles. The van der Waals surface area contributed by atoms with Gasteiger partial charge in [0.1, 0.15) is 11.3 Å². The third-order valence-electron chi connectivity index (χ3n) is 4.09. The Kier molecular flexibility index (Phi) is 6.63. The number of halogens is 7. The van der Waals surface area contributed by atoms with Gasteiger partial charge < -0.3 is 4.74 Å². The first-order valence-electron chi connectivity index (χ1n) is 8.56. The van der Waals surface area contributed by atoms with Crippen molar-refractivity contribution in [3.8, 4) is 11.5 Å².